The molecule has 0 bridgehead atoms. The molecule has 0 amide bonds. The Morgan fingerprint density at radius 3 is 2.50 bits per heavy atom. The first kappa shape index (κ1) is 21.0. The Bertz CT molecular complexity index is 992. The highest BCUT2D eigenvalue weighted by Crippen LogP contribution is 2.28. The van der Waals surface area contributed by atoms with Gasteiger partial charge in [0, 0.05) is 21.6 Å². The second-order valence-corrected chi connectivity index (χ2v) is 8.53. The van der Waals surface area contributed by atoms with Crippen molar-refractivity contribution in [3.8, 4) is 11.4 Å². The first-order valence-corrected chi connectivity index (χ1v) is 10.6. The lowest BCUT2D eigenvalue weighted by molar-refractivity contribution is 0.862. The van der Waals surface area contributed by atoms with Crippen molar-refractivity contribution in [2.45, 2.75) is 33.1 Å². The Morgan fingerprint density at radius 1 is 1.04 bits per heavy atom. The maximum absolute atomic E-state index is 6.29. The molecule has 3 aromatic rings. The Kier molecular flexibility index (Phi) is 6.91. The average molecular weight is 480 g/mol. The summed E-state index contributed by atoms with van der Waals surface area (Å²) < 4.78 is 1.13. The maximum atomic E-state index is 6.29. The summed E-state index contributed by atoms with van der Waals surface area (Å²) in [5.74, 6) is 2.19. The van der Waals surface area contributed by atoms with Crippen molar-refractivity contribution in [1.29, 1.82) is 0 Å². The molecule has 7 heteroatoms. The number of anilines is 1. The molecule has 146 valence electrons. The first-order valence-electron chi connectivity index (χ1n) is 9.04. The van der Waals surface area contributed by atoms with Gasteiger partial charge < -0.3 is 5.32 Å². The first-order chi connectivity index (χ1) is 13.3. The van der Waals surface area contributed by atoms with E-state index < -0.39 is 0 Å². The molecule has 0 spiro atoms. The SMILES string of the molecule is Cc1nc(NCCc2ccc(C(C)C)cc2Br)nc(-c2ccc(Cl)cc2Cl)n1. The van der Waals surface area contributed by atoms with Crippen LogP contribution in [0, 0.1) is 6.92 Å². The minimum absolute atomic E-state index is 0.509. The smallest absolute Gasteiger partial charge is 0.226 e. The molecule has 1 N–H and O–H groups in total. The van der Waals surface area contributed by atoms with Crippen molar-refractivity contribution in [1.82, 2.24) is 15.0 Å². The van der Waals surface area contributed by atoms with Gasteiger partial charge in [0.25, 0.3) is 0 Å². The Balaban J connectivity index is 1.72. The largest absolute Gasteiger partial charge is 0.354 e. The fraction of sp³-hybridized carbons (Fsp3) is 0.286. The van der Waals surface area contributed by atoms with E-state index in [9.17, 15) is 0 Å². The zero-order chi connectivity index (χ0) is 20.3. The third kappa shape index (κ3) is 5.22. The predicted molar refractivity (Wildman–Crippen MR) is 120 cm³/mol. The van der Waals surface area contributed by atoms with Gasteiger partial charge in [-0.15, -0.1) is 0 Å². The standard InChI is InChI=1S/C21H21BrCl2N4/c1-12(2)15-5-4-14(18(22)10-15)8-9-25-21-27-13(3)26-20(28-21)17-7-6-16(23)11-19(17)24/h4-7,10-12H,8-9H2,1-3H3,(H,25,26,27,28). The molecule has 3 rings (SSSR count). The van der Waals surface area contributed by atoms with Crippen LogP contribution < -0.4 is 5.32 Å². The van der Waals surface area contributed by atoms with Crippen LogP contribution in [0.25, 0.3) is 11.4 Å². The maximum Gasteiger partial charge on any atom is 0.226 e. The van der Waals surface area contributed by atoms with Crippen LogP contribution in [0.4, 0.5) is 5.95 Å². The van der Waals surface area contributed by atoms with Crippen molar-refractivity contribution in [3.05, 3.63) is 67.9 Å². The highest BCUT2D eigenvalue weighted by molar-refractivity contribution is 9.10. The predicted octanol–water partition coefficient (Wildman–Crippen LogP) is 6.69. The third-order valence-corrected chi connectivity index (χ3v) is 5.63. The molecule has 1 heterocycles. The molecule has 0 radical (unpaired) electrons. The summed E-state index contributed by atoms with van der Waals surface area (Å²) in [5, 5.41) is 4.38. The van der Waals surface area contributed by atoms with Crippen LogP contribution in [0.2, 0.25) is 10.0 Å². The van der Waals surface area contributed by atoms with Gasteiger partial charge in [0.2, 0.25) is 5.95 Å². The van der Waals surface area contributed by atoms with Crippen LogP contribution in [-0.4, -0.2) is 21.5 Å². The third-order valence-electron chi connectivity index (χ3n) is 4.34. The molecule has 2 aromatic carbocycles. The Hall–Kier alpha value is -1.69. The average Bonchev–Trinajstić information content (AvgIpc) is 2.62. The molecule has 0 atom stereocenters. The van der Waals surface area contributed by atoms with Crippen molar-refractivity contribution in [2.75, 3.05) is 11.9 Å². The van der Waals surface area contributed by atoms with Crippen LogP contribution >= 0.6 is 39.1 Å². The number of nitrogens with zero attached hydrogens (tertiary/aromatic N) is 3. The molecule has 0 aliphatic heterocycles. The second kappa shape index (κ2) is 9.21. The van der Waals surface area contributed by atoms with E-state index in [2.05, 4.69) is 68.2 Å². The van der Waals surface area contributed by atoms with Crippen LogP contribution in [0.15, 0.2) is 40.9 Å². The Labute approximate surface area is 183 Å². The van der Waals surface area contributed by atoms with Gasteiger partial charge in [-0.2, -0.15) is 9.97 Å². The lowest BCUT2D eigenvalue weighted by Gasteiger charge is -2.11. The number of hydrogen-bond acceptors (Lipinski definition) is 4. The van der Waals surface area contributed by atoms with E-state index in [4.69, 9.17) is 23.2 Å². The van der Waals surface area contributed by atoms with Crippen molar-refractivity contribution < 1.29 is 0 Å². The minimum Gasteiger partial charge on any atom is -0.354 e. The molecule has 4 nitrogen and oxygen atoms in total. The number of hydrogen-bond donors (Lipinski definition) is 1. The van der Waals surface area contributed by atoms with Gasteiger partial charge >= 0.3 is 0 Å². The van der Waals surface area contributed by atoms with Crippen LogP contribution in [0.1, 0.15) is 36.7 Å². The van der Waals surface area contributed by atoms with Gasteiger partial charge in [-0.3, -0.25) is 0 Å². The van der Waals surface area contributed by atoms with Gasteiger partial charge in [0.15, 0.2) is 5.82 Å². The summed E-state index contributed by atoms with van der Waals surface area (Å²) >= 11 is 15.9. The van der Waals surface area contributed by atoms with Crippen LogP contribution in [0.5, 0.6) is 0 Å². The van der Waals surface area contributed by atoms with Gasteiger partial charge in [-0.25, -0.2) is 4.98 Å². The summed E-state index contributed by atoms with van der Waals surface area (Å²) in [7, 11) is 0. The highest BCUT2D eigenvalue weighted by atomic mass is 79.9. The van der Waals surface area contributed by atoms with Crippen LogP contribution in [-0.2, 0) is 6.42 Å². The molecule has 0 aliphatic carbocycles. The van der Waals surface area contributed by atoms with E-state index in [0.717, 1.165) is 16.5 Å². The minimum atomic E-state index is 0.509. The molecule has 1 aromatic heterocycles. The number of nitrogens with one attached hydrogen (secondary N) is 1. The van der Waals surface area contributed by atoms with Crippen molar-refractivity contribution in [3.63, 3.8) is 0 Å². The van der Waals surface area contributed by atoms with Crippen LogP contribution in [0.3, 0.4) is 0 Å². The number of halogens is 3. The van der Waals surface area contributed by atoms with Gasteiger partial charge in [-0.05, 0) is 54.7 Å². The quantitative estimate of drug-likeness (QED) is 0.427. The lowest BCUT2D eigenvalue weighted by Crippen LogP contribution is -2.10. The van der Waals surface area contributed by atoms with Crippen molar-refractivity contribution >= 4 is 45.1 Å². The van der Waals surface area contributed by atoms with Gasteiger partial charge in [-0.1, -0.05) is 65.1 Å². The second-order valence-electron chi connectivity index (χ2n) is 6.84. The van der Waals surface area contributed by atoms with E-state index >= 15 is 0 Å². The highest BCUT2D eigenvalue weighted by Gasteiger charge is 2.11. The molecular weight excluding hydrogens is 459 g/mol. The van der Waals surface area contributed by atoms with Gasteiger partial charge in [0.05, 0.1) is 5.02 Å². The van der Waals surface area contributed by atoms with Gasteiger partial charge in [0.1, 0.15) is 5.82 Å². The molecule has 0 unspecified atom stereocenters. The summed E-state index contributed by atoms with van der Waals surface area (Å²) in [5.41, 5.74) is 3.29. The molecule has 0 fully saturated rings. The topological polar surface area (TPSA) is 50.7 Å². The van der Waals surface area contributed by atoms with E-state index in [-0.39, 0.29) is 0 Å². The summed E-state index contributed by atoms with van der Waals surface area (Å²) in [4.78, 5) is 13.3. The molecule has 0 saturated carbocycles. The van der Waals surface area contributed by atoms with E-state index in [1.807, 2.05) is 13.0 Å². The number of aryl methyl sites for hydroxylation is 1. The summed E-state index contributed by atoms with van der Waals surface area (Å²) in [6.45, 7) is 6.92. The normalized spacial score (nSPS) is 11.1. The van der Waals surface area contributed by atoms with E-state index in [1.54, 1.807) is 12.1 Å². The van der Waals surface area contributed by atoms with E-state index in [0.29, 0.717) is 40.1 Å². The molecule has 28 heavy (non-hydrogen) atoms. The zero-order valence-corrected chi connectivity index (χ0v) is 19.0. The lowest BCUT2D eigenvalue weighted by atomic mass is 10.0. The Morgan fingerprint density at radius 2 is 1.82 bits per heavy atom. The monoisotopic (exact) mass is 478 g/mol. The fourth-order valence-corrected chi connectivity index (χ4v) is 3.87. The van der Waals surface area contributed by atoms with E-state index in [1.165, 1.54) is 11.1 Å². The number of aromatic nitrogens is 3. The summed E-state index contributed by atoms with van der Waals surface area (Å²) in [6.07, 6.45) is 0.848. The fourth-order valence-electron chi connectivity index (χ4n) is 2.79. The number of rotatable bonds is 6. The van der Waals surface area contributed by atoms with Crippen molar-refractivity contribution in [2.24, 2.45) is 0 Å². The summed E-state index contributed by atoms with van der Waals surface area (Å²) in [6, 6.07) is 11.8. The molecule has 0 saturated heterocycles. The molecular formula is C21H21BrCl2N4. The number of benzene rings is 2. The zero-order valence-electron chi connectivity index (χ0n) is 15.9. The molecule has 0 aliphatic rings.